The summed E-state index contributed by atoms with van der Waals surface area (Å²) in [5, 5.41) is 9.50. The zero-order chi connectivity index (χ0) is 14.6. The smallest absolute Gasteiger partial charge is 0.416 e. The molecule has 0 saturated heterocycles. The number of imidazole rings is 1. The summed E-state index contributed by atoms with van der Waals surface area (Å²) in [5.74, 6) is 0. The molecule has 2 aromatic rings. The Kier molecular flexibility index (Phi) is 2.80. The highest BCUT2D eigenvalue weighted by atomic mass is 19.4. The lowest BCUT2D eigenvalue weighted by molar-refractivity contribution is -0.138. The van der Waals surface area contributed by atoms with Crippen LogP contribution in [0.25, 0.3) is 11.0 Å². The van der Waals surface area contributed by atoms with Crippen LogP contribution in [0, 0.1) is 0 Å². The second kappa shape index (κ2) is 3.88. The first-order valence-corrected chi connectivity index (χ1v) is 5.79. The van der Waals surface area contributed by atoms with Crippen molar-refractivity contribution >= 4 is 11.0 Å². The molecule has 0 unspecified atom stereocenters. The number of halogens is 3. The highest BCUT2D eigenvalue weighted by molar-refractivity contribution is 5.79. The molecule has 0 radical (unpaired) electrons. The Balaban J connectivity index is 2.86. The van der Waals surface area contributed by atoms with Crippen LogP contribution in [0.5, 0.6) is 6.01 Å². The number of benzene rings is 1. The number of fused-ring (bicyclic) bond motifs is 1. The number of aryl methyl sites for hydroxylation is 1. The normalized spacial score (nSPS) is 13.2. The van der Waals surface area contributed by atoms with Crippen molar-refractivity contribution in [3.05, 3.63) is 23.3 Å². The molecular weight excluding hydrogens is 257 g/mol. The van der Waals surface area contributed by atoms with Gasteiger partial charge in [0.2, 0.25) is 0 Å². The van der Waals surface area contributed by atoms with E-state index in [2.05, 4.69) is 4.98 Å². The predicted octanol–water partition coefficient (Wildman–Crippen LogP) is 3.60. The topological polar surface area (TPSA) is 38.0 Å². The fourth-order valence-electron chi connectivity index (χ4n) is 2.08. The standard InChI is InChI=1S/C13H15F3N2O/c1-12(2,3)7-5-9-10(18(4)11(19)17-9)6-8(7)13(14,15)16/h5-6H,1-4H3,(H,17,19). The van der Waals surface area contributed by atoms with Gasteiger partial charge in [-0.2, -0.15) is 18.2 Å². The first-order chi connectivity index (χ1) is 8.51. The first kappa shape index (κ1) is 13.7. The molecule has 0 aliphatic rings. The van der Waals surface area contributed by atoms with Crippen molar-refractivity contribution in [2.75, 3.05) is 0 Å². The predicted molar refractivity (Wildman–Crippen MR) is 66.1 cm³/mol. The van der Waals surface area contributed by atoms with Crippen molar-refractivity contribution in [1.82, 2.24) is 9.55 Å². The molecule has 3 nitrogen and oxygen atoms in total. The number of aromatic hydroxyl groups is 1. The van der Waals surface area contributed by atoms with E-state index < -0.39 is 17.2 Å². The minimum Gasteiger partial charge on any atom is -0.480 e. The van der Waals surface area contributed by atoms with Gasteiger partial charge in [-0.05, 0) is 23.1 Å². The minimum atomic E-state index is -4.43. The largest absolute Gasteiger partial charge is 0.480 e. The monoisotopic (exact) mass is 272 g/mol. The molecule has 0 amide bonds. The summed E-state index contributed by atoms with van der Waals surface area (Å²) in [6.45, 7) is 5.14. The molecular formula is C13H15F3N2O. The Morgan fingerprint density at radius 2 is 1.68 bits per heavy atom. The maximum Gasteiger partial charge on any atom is 0.416 e. The Hall–Kier alpha value is -1.72. The molecule has 1 aromatic carbocycles. The molecule has 19 heavy (non-hydrogen) atoms. The fraction of sp³-hybridized carbons (Fsp3) is 0.462. The number of hydrogen-bond acceptors (Lipinski definition) is 2. The zero-order valence-electron chi connectivity index (χ0n) is 11.1. The molecule has 1 N–H and O–H groups in total. The van der Waals surface area contributed by atoms with Crippen molar-refractivity contribution in [2.24, 2.45) is 7.05 Å². The van der Waals surface area contributed by atoms with Gasteiger partial charge in [0.15, 0.2) is 0 Å². The Morgan fingerprint density at radius 1 is 1.11 bits per heavy atom. The van der Waals surface area contributed by atoms with Crippen LogP contribution in [0.4, 0.5) is 13.2 Å². The SMILES string of the molecule is Cn1c(O)nc2cc(C(C)(C)C)c(C(F)(F)F)cc21. The number of alkyl halides is 3. The summed E-state index contributed by atoms with van der Waals surface area (Å²) in [5.41, 5.74) is -0.552. The molecule has 0 fully saturated rings. The van der Waals surface area contributed by atoms with Gasteiger partial charge in [0.05, 0.1) is 16.6 Å². The molecule has 1 heterocycles. The number of rotatable bonds is 0. The second-order valence-corrected chi connectivity index (χ2v) is 5.61. The Bertz CT molecular complexity index is 636. The van der Waals surface area contributed by atoms with Gasteiger partial charge in [-0.3, -0.25) is 4.57 Å². The summed E-state index contributed by atoms with van der Waals surface area (Å²) < 4.78 is 40.7. The van der Waals surface area contributed by atoms with Gasteiger partial charge < -0.3 is 5.11 Å². The van der Waals surface area contributed by atoms with Crippen molar-refractivity contribution in [3.63, 3.8) is 0 Å². The van der Waals surface area contributed by atoms with Gasteiger partial charge in [0.25, 0.3) is 6.01 Å². The molecule has 0 spiro atoms. The zero-order valence-corrected chi connectivity index (χ0v) is 11.1. The van der Waals surface area contributed by atoms with Crippen molar-refractivity contribution in [1.29, 1.82) is 0 Å². The van der Waals surface area contributed by atoms with Gasteiger partial charge in [0.1, 0.15) is 0 Å². The van der Waals surface area contributed by atoms with E-state index in [1.807, 2.05) is 0 Å². The van der Waals surface area contributed by atoms with Crippen LogP contribution in [-0.2, 0) is 18.6 Å². The lowest BCUT2D eigenvalue weighted by atomic mass is 9.83. The van der Waals surface area contributed by atoms with Crippen LogP contribution in [0.3, 0.4) is 0 Å². The lowest BCUT2D eigenvalue weighted by Gasteiger charge is -2.24. The molecule has 0 atom stereocenters. The number of hydrogen-bond donors (Lipinski definition) is 1. The van der Waals surface area contributed by atoms with E-state index in [1.165, 1.54) is 17.7 Å². The summed E-state index contributed by atoms with van der Waals surface area (Å²) in [6, 6.07) is 2.15. The van der Waals surface area contributed by atoms with Gasteiger partial charge in [-0.15, -0.1) is 0 Å². The van der Waals surface area contributed by atoms with E-state index >= 15 is 0 Å². The molecule has 0 aliphatic carbocycles. The van der Waals surface area contributed by atoms with E-state index in [-0.39, 0.29) is 17.1 Å². The average Bonchev–Trinajstić information content (AvgIpc) is 2.51. The van der Waals surface area contributed by atoms with Crippen LogP contribution in [0.1, 0.15) is 31.9 Å². The van der Waals surface area contributed by atoms with Gasteiger partial charge in [-0.1, -0.05) is 20.8 Å². The van der Waals surface area contributed by atoms with Crippen LogP contribution in [0.2, 0.25) is 0 Å². The van der Waals surface area contributed by atoms with E-state index in [1.54, 1.807) is 20.8 Å². The summed E-state index contributed by atoms with van der Waals surface area (Å²) in [7, 11) is 1.47. The molecule has 2 rings (SSSR count). The highest BCUT2D eigenvalue weighted by Gasteiger charge is 2.37. The van der Waals surface area contributed by atoms with E-state index in [0.717, 1.165) is 6.07 Å². The highest BCUT2D eigenvalue weighted by Crippen LogP contribution is 2.39. The summed E-state index contributed by atoms with van der Waals surface area (Å²) in [4.78, 5) is 3.86. The van der Waals surface area contributed by atoms with Crippen molar-refractivity contribution < 1.29 is 18.3 Å². The van der Waals surface area contributed by atoms with Crippen LogP contribution in [0.15, 0.2) is 12.1 Å². The maximum absolute atomic E-state index is 13.2. The number of aromatic nitrogens is 2. The Labute approximate surface area is 108 Å². The van der Waals surface area contributed by atoms with Gasteiger partial charge in [-0.25, -0.2) is 0 Å². The van der Waals surface area contributed by atoms with Crippen LogP contribution in [-0.4, -0.2) is 14.7 Å². The van der Waals surface area contributed by atoms with E-state index in [9.17, 15) is 18.3 Å². The third kappa shape index (κ3) is 2.27. The summed E-state index contributed by atoms with van der Waals surface area (Å²) in [6.07, 6.45) is -4.43. The molecule has 104 valence electrons. The molecule has 0 aliphatic heterocycles. The molecule has 0 saturated carbocycles. The third-order valence-corrected chi connectivity index (χ3v) is 3.11. The van der Waals surface area contributed by atoms with E-state index in [4.69, 9.17) is 0 Å². The minimum absolute atomic E-state index is 0.172. The lowest BCUT2D eigenvalue weighted by Crippen LogP contribution is -2.19. The van der Waals surface area contributed by atoms with E-state index in [0.29, 0.717) is 5.52 Å². The quantitative estimate of drug-likeness (QED) is 0.795. The maximum atomic E-state index is 13.2. The van der Waals surface area contributed by atoms with Crippen LogP contribution >= 0.6 is 0 Å². The van der Waals surface area contributed by atoms with Crippen LogP contribution < -0.4 is 0 Å². The average molecular weight is 272 g/mol. The first-order valence-electron chi connectivity index (χ1n) is 5.79. The van der Waals surface area contributed by atoms with Gasteiger partial charge in [0, 0.05) is 7.05 Å². The second-order valence-electron chi connectivity index (χ2n) is 5.61. The van der Waals surface area contributed by atoms with Gasteiger partial charge >= 0.3 is 6.18 Å². The molecule has 6 heteroatoms. The molecule has 0 bridgehead atoms. The number of nitrogens with zero attached hydrogens (tertiary/aromatic N) is 2. The fourth-order valence-corrected chi connectivity index (χ4v) is 2.08. The van der Waals surface area contributed by atoms with Crippen molar-refractivity contribution in [2.45, 2.75) is 32.4 Å². The summed E-state index contributed by atoms with van der Waals surface area (Å²) >= 11 is 0. The Morgan fingerprint density at radius 3 is 2.16 bits per heavy atom. The molecule has 1 aromatic heterocycles. The van der Waals surface area contributed by atoms with Crippen molar-refractivity contribution in [3.8, 4) is 6.01 Å². The third-order valence-electron chi connectivity index (χ3n) is 3.11.